The van der Waals surface area contributed by atoms with Crippen molar-refractivity contribution in [3.8, 4) is 11.5 Å². The van der Waals surface area contributed by atoms with Gasteiger partial charge in [-0.05, 0) is 29.7 Å². The largest absolute Gasteiger partial charge is 0.509 e. The zero-order valence-corrected chi connectivity index (χ0v) is 14.9. The van der Waals surface area contributed by atoms with Gasteiger partial charge in [-0.3, -0.25) is 0 Å². The van der Waals surface area contributed by atoms with E-state index in [0.717, 1.165) is 0 Å². The molecule has 0 spiro atoms. The van der Waals surface area contributed by atoms with Gasteiger partial charge in [0.05, 0.1) is 0 Å². The molecule has 5 heteroatoms. The van der Waals surface area contributed by atoms with E-state index in [-0.39, 0.29) is 16.9 Å². The molecule has 2 nitrogen and oxygen atoms in total. The Morgan fingerprint density at radius 3 is 1.57 bits per heavy atom. The van der Waals surface area contributed by atoms with Crippen LogP contribution >= 0.6 is 0 Å². The quantitative estimate of drug-likeness (QED) is 0.667. The molecule has 124 valence electrons. The van der Waals surface area contributed by atoms with Crippen molar-refractivity contribution in [1.82, 2.24) is 0 Å². The third-order valence-corrected chi connectivity index (χ3v) is 6.18. The molecule has 2 aromatic rings. The summed E-state index contributed by atoms with van der Waals surface area (Å²) in [5, 5.41) is 0. The molecule has 0 saturated carbocycles. The van der Waals surface area contributed by atoms with Crippen molar-refractivity contribution < 1.29 is 17.6 Å². The van der Waals surface area contributed by atoms with E-state index < -0.39 is 20.2 Å². The molecule has 0 bridgehead atoms. The Labute approximate surface area is 137 Å². The second-order valence-electron chi connectivity index (χ2n) is 6.94. The lowest BCUT2D eigenvalue weighted by molar-refractivity contribution is 0.328. The Bertz CT molecular complexity index is 621. The lowest BCUT2D eigenvalue weighted by Gasteiger charge is -2.33. The maximum absolute atomic E-state index is 13.9. The first-order valence-electron chi connectivity index (χ1n) is 7.56. The predicted molar refractivity (Wildman–Crippen MR) is 89.9 cm³/mol. The Balaban J connectivity index is 2.32. The third kappa shape index (κ3) is 5.06. The summed E-state index contributed by atoms with van der Waals surface area (Å²) in [6, 6.07) is 13.0. The molecule has 0 unspecified atom stereocenters. The van der Waals surface area contributed by atoms with Crippen molar-refractivity contribution in [3.63, 3.8) is 0 Å². The average Bonchev–Trinajstić information content (AvgIpc) is 2.42. The molecule has 23 heavy (non-hydrogen) atoms. The summed E-state index contributed by atoms with van der Waals surface area (Å²) in [6.07, 6.45) is 0. The highest BCUT2D eigenvalue weighted by Crippen LogP contribution is 2.33. The molecular formula is C18H22F2O2Si. The van der Waals surface area contributed by atoms with Crippen molar-refractivity contribution >= 4 is 8.56 Å². The van der Waals surface area contributed by atoms with Crippen LogP contribution in [0.25, 0.3) is 0 Å². The van der Waals surface area contributed by atoms with Crippen LogP contribution in [0.1, 0.15) is 20.8 Å². The van der Waals surface area contributed by atoms with Crippen LogP contribution in [-0.4, -0.2) is 8.56 Å². The lowest BCUT2D eigenvalue weighted by atomic mass is 10.0. The van der Waals surface area contributed by atoms with Crippen LogP contribution in [0, 0.1) is 17.0 Å². The Kier molecular flexibility index (Phi) is 5.09. The lowest BCUT2D eigenvalue weighted by Crippen LogP contribution is -2.48. The fourth-order valence-corrected chi connectivity index (χ4v) is 5.95. The molecular weight excluding hydrogens is 314 g/mol. The van der Waals surface area contributed by atoms with Gasteiger partial charge in [0.15, 0.2) is 11.6 Å². The normalized spacial score (nSPS) is 12.1. The smallest absolute Gasteiger partial charge is 0.457 e. The number of hydrogen-bond acceptors (Lipinski definition) is 2. The molecule has 0 radical (unpaired) electrons. The van der Waals surface area contributed by atoms with Crippen LogP contribution < -0.4 is 8.85 Å². The van der Waals surface area contributed by atoms with E-state index in [1.165, 1.54) is 12.1 Å². The van der Waals surface area contributed by atoms with Gasteiger partial charge in [0.25, 0.3) is 0 Å². The molecule has 0 fully saturated rings. The van der Waals surface area contributed by atoms with Crippen molar-refractivity contribution in [2.45, 2.75) is 33.4 Å². The van der Waals surface area contributed by atoms with Gasteiger partial charge in [0, 0.05) is 12.6 Å². The van der Waals surface area contributed by atoms with Crippen molar-refractivity contribution in [3.05, 3.63) is 60.2 Å². The molecule has 0 heterocycles. The maximum atomic E-state index is 13.9. The summed E-state index contributed by atoms with van der Waals surface area (Å²) >= 11 is 0. The van der Waals surface area contributed by atoms with Crippen LogP contribution in [-0.2, 0) is 0 Å². The van der Waals surface area contributed by atoms with Gasteiger partial charge in [-0.2, -0.15) is 0 Å². The van der Waals surface area contributed by atoms with E-state index >= 15 is 0 Å². The molecule has 0 aliphatic rings. The maximum Gasteiger partial charge on any atom is 0.457 e. The van der Waals surface area contributed by atoms with Gasteiger partial charge in [0.1, 0.15) is 11.5 Å². The number of para-hydroxylation sites is 2. The fraction of sp³-hybridized carbons (Fsp3) is 0.333. The van der Waals surface area contributed by atoms with E-state index in [2.05, 4.69) is 0 Å². The van der Waals surface area contributed by atoms with Gasteiger partial charge in [-0.15, -0.1) is 0 Å². The highest BCUT2D eigenvalue weighted by Gasteiger charge is 2.41. The highest BCUT2D eigenvalue weighted by molar-refractivity contribution is 6.67. The first kappa shape index (κ1) is 17.5. The zero-order valence-electron chi connectivity index (χ0n) is 13.9. The second-order valence-corrected chi connectivity index (χ2v) is 9.97. The predicted octanol–water partition coefficient (Wildman–Crippen LogP) is 5.54. The Hall–Kier alpha value is -1.88. The minimum absolute atomic E-state index is 0.0997. The monoisotopic (exact) mass is 336 g/mol. The number of rotatable bonds is 5. The summed E-state index contributed by atoms with van der Waals surface area (Å²) in [5.41, 5.74) is -0.0997. The topological polar surface area (TPSA) is 18.5 Å². The molecule has 0 aliphatic heterocycles. The van der Waals surface area contributed by atoms with E-state index in [0.29, 0.717) is 6.04 Å². The minimum Gasteiger partial charge on any atom is -0.509 e. The Morgan fingerprint density at radius 1 is 0.826 bits per heavy atom. The van der Waals surface area contributed by atoms with Gasteiger partial charge >= 0.3 is 8.56 Å². The van der Waals surface area contributed by atoms with Crippen LogP contribution in [0.5, 0.6) is 11.5 Å². The first-order chi connectivity index (χ1) is 10.7. The van der Waals surface area contributed by atoms with Gasteiger partial charge in [-0.1, -0.05) is 45.0 Å². The van der Waals surface area contributed by atoms with E-state index in [1.54, 1.807) is 36.4 Å². The van der Waals surface area contributed by atoms with Gasteiger partial charge in [0.2, 0.25) is 0 Å². The highest BCUT2D eigenvalue weighted by atomic mass is 28.4. The van der Waals surface area contributed by atoms with E-state index in [4.69, 9.17) is 8.85 Å². The van der Waals surface area contributed by atoms with Crippen molar-refractivity contribution in [2.75, 3.05) is 0 Å². The number of benzene rings is 2. The SMILES string of the molecule is CC(C)(C)C[Si](C)(Oc1ccccc1F)Oc1ccccc1F. The first-order valence-corrected chi connectivity index (χ1v) is 10.1. The number of halogens is 2. The molecule has 0 amide bonds. The molecule has 2 rings (SSSR count). The van der Waals surface area contributed by atoms with Crippen molar-refractivity contribution in [2.24, 2.45) is 5.41 Å². The molecule has 0 saturated heterocycles. The van der Waals surface area contributed by atoms with Crippen LogP contribution in [0.3, 0.4) is 0 Å². The summed E-state index contributed by atoms with van der Waals surface area (Å²) < 4.78 is 39.8. The molecule has 0 N–H and O–H groups in total. The van der Waals surface area contributed by atoms with Gasteiger partial charge < -0.3 is 8.85 Å². The second kappa shape index (κ2) is 6.70. The van der Waals surface area contributed by atoms with E-state index in [9.17, 15) is 8.78 Å². The summed E-state index contributed by atoms with van der Waals surface area (Å²) in [4.78, 5) is 0. The summed E-state index contributed by atoms with van der Waals surface area (Å²) in [5.74, 6) is -0.612. The average molecular weight is 336 g/mol. The Morgan fingerprint density at radius 2 is 1.22 bits per heavy atom. The van der Waals surface area contributed by atoms with E-state index in [1.807, 2.05) is 27.3 Å². The summed E-state index contributed by atoms with van der Waals surface area (Å²) in [6.45, 7) is 7.98. The molecule has 0 aliphatic carbocycles. The number of hydrogen-bond donors (Lipinski definition) is 0. The zero-order chi connectivity index (χ0) is 17.1. The van der Waals surface area contributed by atoms with Crippen LogP contribution in [0.2, 0.25) is 12.6 Å². The minimum atomic E-state index is -2.91. The summed E-state index contributed by atoms with van der Waals surface area (Å²) in [7, 11) is -2.91. The van der Waals surface area contributed by atoms with Crippen molar-refractivity contribution in [1.29, 1.82) is 0 Å². The third-order valence-electron chi connectivity index (χ3n) is 3.18. The van der Waals surface area contributed by atoms with Crippen LogP contribution in [0.4, 0.5) is 8.78 Å². The van der Waals surface area contributed by atoms with Gasteiger partial charge in [-0.25, -0.2) is 8.78 Å². The molecule has 0 aromatic heterocycles. The standard InChI is InChI=1S/C18H22F2O2Si/c1-18(2,3)13-23(4,21-16-11-7-5-9-14(16)19)22-17-12-8-6-10-15(17)20/h5-12H,13H2,1-4H3. The fourth-order valence-electron chi connectivity index (χ4n) is 2.58. The molecule has 0 atom stereocenters. The molecule has 2 aromatic carbocycles. The van der Waals surface area contributed by atoms with Crippen LogP contribution in [0.15, 0.2) is 48.5 Å².